The highest BCUT2D eigenvalue weighted by molar-refractivity contribution is 5.95. The Balaban J connectivity index is 1.81. The minimum atomic E-state index is -0.917. The molecule has 3 aromatic rings. The second kappa shape index (κ2) is 9.68. The quantitative estimate of drug-likeness (QED) is 0.572. The molecule has 0 saturated carbocycles. The number of ether oxygens (including phenoxy) is 1. The number of hydrogen-bond acceptors (Lipinski definition) is 5. The largest absolute Gasteiger partial charge is 0.452 e. The van der Waals surface area contributed by atoms with Gasteiger partial charge in [-0.25, -0.2) is 0 Å². The standard InChI is InChI=1S/C23H24N2O4/c1-3-10-19(22(26)24-20-15-16(2)29-25-20)28-23(27)21(17-11-6-4-7-12-17)18-13-8-5-9-14-18/h4-9,11-15,19,21H,3,10H2,1-2H3,(H,24,25,26)/t19-/m0/s1. The summed E-state index contributed by atoms with van der Waals surface area (Å²) in [6.07, 6.45) is 0.175. The van der Waals surface area contributed by atoms with Gasteiger partial charge < -0.3 is 14.6 Å². The van der Waals surface area contributed by atoms with Gasteiger partial charge in [-0.05, 0) is 24.5 Å². The molecule has 6 nitrogen and oxygen atoms in total. The van der Waals surface area contributed by atoms with E-state index < -0.39 is 23.9 Å². The second-order valence-corrected chi connectivity index (χ2v) is 6.78. The van der Waals surface area contributed by atoms with Crippen molar-refractivity contribution in [2.24, 2.45) is 0 Å². The molecule has 29 heavy (non-hydrogen) atoms. The smallest absolute Gasteiger partial charge is 0.318 e. The molecular formula is C23H24N2O4. The SMILES string of the molecule is CCC[C@H](OC(=O)C(c1ccccc1)c1ccccc1)C(=O)Nc1cc(C)on1. The normalized spacial score (nSPS) is 11.8. The van der Waals surface area contributed by atoms with Crippen LogP contribution in [0.15, 0.2) is 71.3 Å². The van der Waals surface area contributed by atoms with Crippen molar-refractivity contribution in [2.75, 3.05) is 5.32 Å². The Morgan fingerprint density at radius 2 is 1.62 bits per heavy atom. The van der Waals surface area contributed by atoms with Crippen LogP contribution in [0.4, 0.5) is 5.82 Å². The summed E-state index contributed by atoms with van der Waals surface area (Å²) in [5, 5.41) is 6.41. The first-order chi connectivity index (χ1) is 14.1. The lowest BCUT2D eigenvalue weighted by atomic mass is 9.91. The number of amides is 1. The summed E-state index contributed by atoms with van der Waals surface area (Å²) in [6.45, 7) is 3.66. The van der Waals surface area contributed by atoms with Gasteiger partial charge in [0.1, 0.15) is 11.7 Å². The Labute approximate surface area is 169 Å². The number of carbonyl (C=O) groups is 2. The molecular weight excluding hydrogens is 368 g/mol. The zero-order valence-corrected chi connectivity index (χ0v) is 16.5. The number of anilines is 1. The molecule has 1 heterocycles. The maximum atomic E-state index is 13.2. The summed E-state index contributed by atoms with van der Waals surface area (Å²) >= 11 is 0. The van der Waals surface area contributed by atoms with E-state index in [9.17, 15) is 9.59 Å². The zero-order chi connectivity index (χ0) is 20.6. The molecule has 150 valence electrons. The van der Waals surface area contributed by atoms with Gasteiger partial charge in [-0.3, -0.25) is 9.59 Å². The van der Waals surface area contributed by atoms with Crippen LogP contribution >= 0.6 is 0 Å². The van der Waals surface area contributed by atoms with Gasteiger partial charge in [0, 0.05) is 6.07 Å². The van der Waals surface area contributed by atoms with Crippen molar-refractivity contribution in [3.05, 3.63) is 83.6 Å². The fourth-order valence-corrected chi connectivity index (χ4v) is 3.10. The Kier molecular flexibility index (Phi) is 6.79. The van der Waals surface area contributed by atoms with Crippen molar-refractivity contribution in [1.82, 2.24) is 5.16 Å². The monoisotopic (exact) mass is 392 g/mol. The Bertz CT molecular complexity index is 898. The fraction of sp³-hybridized carbons (Fsp3) is 0.261. The lowest BCUT2D eigenvalue weighted by Gasteiger charge is -2.21. The van der Waals surface area contributed by atoms with Gasteiger partial charge in [-0.2, -0.15) is 0 Å². The lowest BCUT2D eigenvalue weighted by Crippen LogP contribution is -2.34. The summed E-state index contributed by atoms with van der Waals surface area (Å²) in [5.41, 5.74) is 1.62. The number of benzene rings is 2. The first kappa shape index (κ1) is 20.3. The van der Waals surface area contributed by atoms with Gasteiger partial charge in [-0.1, -0.05) is 79.2 Å². The molecule has 6 heteroatoms. The molecule has 0 unspecified atom stereocenters. The van der Waals surface area contributed by atoms with Gasteiger partial charge in [0.15, 0.2) is 11.9 Å². The van der Waals surface area contributed by atoms with Gasteiger partial charge >= 0.3 is 5.97 Å². The summed E-state index contributed by atoms with van der Waals surface area (Å²) in [4.78, 5) is 25.8. The number of nitrogens with one attached hydrogen (secondary N) is 1. The second-order valence-electron chi connectivity index (χ2n) is 6.78. The molecule has 2 aromatic carbocycles. The van der Waals surface area contributed by atoms with Crippen molar-refractivity contribution < 1.29 is 18.8 Å². The Hall–Kier alpha value is -3.41. The van der Waals surface area contributed by atoms with Crippen molar-refractivity contribution >= 4 is 17.7 Å². The molecule has 0 spiro atoms. The lowest BCUT2D eigenvalue weighted by molar-refractivity contribution is -0.155. The molecule has 1 N–H and O–H groups in total. The highest BCUT2D eigenvalue weighted by Crippen LogP contribution is 2.27. The molecule has 3 rings (SSSR count). The molecule has 1 amide bonds. The third-order valence-corrected chi connectivity index (χ3v) is 4.48. The maximum Gasteiger partial charge on any atom is 0.318 e. The molecule has 1 aromatic heterocycles. The van der Waals surface area contributed by atoms with Gasteiger partial charge in [0.2, 0.25) is 0 Å². The van der Waals surface area contributed by atoms with E-state index in [1.54, 1.807) is 13.0 Å². The molecule has 0 radical (unpaired) electrons. The Morgan fingerprint density at radius 1 is 1.03 bits per heavy atom. The van der Waals surface area contributed by atoms with E-state index in [1.807, 2.05) is 67.6 Å². The van der Waals surface area contributed by atoms with Crippen LogP contribution in [0.3, 0.4) is 0 Å². The van der Waals surface area contributed by atoms with Gasteiger partial charge in [0.25, 0.3) is 5.91 Å². The average Bonchev–Trinajstić information content (AvgIpc) is 3.14. The van der Waals surface area contributed by atoms with E-state index in [-0.39, 0.29) is 0 Å². The number of nitrogens with zero attached hydrogens (tertiary/aromatic N) is 1. The van der Waals surface area contributed by atoms with Crippen LogP contribution in [0.1, 0.15) is 42.6 Å². The average molecular weight is 392 g/mol. The number of rotatable bonds is 8. The van der Waals surface area contributed by atoms with Crippen LogP contribution in [-0.2, 0) is 14.3 Å². The Morgan fingerprint density at radius 3 is 2.10 bits per heavy atom. The summed E-state index contributed by atoms with van der Waals surface area (Å²) in [5.74, 6) is -0.621. The number of carbonyl (C=O) groups excluding carboxylic acids is 2. The highest BCUT2D eigenvalue weighted by Gasteiger charge is 2.30. The summed E-state index contributed by atoms with van der Waals surface area (Å²) < 4.78 is 10.7. The molecule has 0 fully saturated rings. The van der Waals surface area contributed by atoms with E-state index in [4.69, 9.17) is 9.26 Å². The van der Waals surface area contributed by atoms with Crippen LogP contribution in [0.25, 0.3) is 0 Å². The maximum absolute atomic E-state index is 13.2. The van der Waals surface area contributed by atoms with Crippen LogP contribution in [-0.4, -0.2) is 23.1 Å². The summed E-state index contributed by atoms with van der Waals surface area (Å²) in [6, 6.07) is 20.4. The third kappa shape index (κ3) is 5.31. The molecule has 1 atom stereocenters. The predicted molar refractivity (Wildman–Crippen MR) is 109 cm³/mol. The predicted octanol–water partition coefficient (Wildman–Crippen LogP) is 4.47. The van der Waals surface area contributed by atoms with Crippen LogP contribution in [0.2, 0.25) is 0 Å². The molecule has 0 saturated heterocycles. The number of esters is 1. The fourth-order valence-electron chi connectivity index (χ4n) is 3.10. The number of aromatic nitrogens is 1. The molecule has 0 aliphatic carbocycles. The molecule has 0 aliphatic heterocycles. The number of aryl methyl sites for hydroxylation is 1. The topological polar surface area (TPSA) is 81.4 Å². The highest BCUT2D eigenvalue weighted by atomic mass is 16.5. The number of hydrogen-bond donors (Lipinski definition) is 1. The minimum absolute atomic E-state index is 0.298. The van der Waals surface area contributed by atoms with Crippen molar-refractivity contribution in [2.45, 2.75) is 38.7 Å². The van der Waals surface area contributed by atoms with Gasteiger partial charge in [-0.15, -0.1) is 0 Å². The van der Waals surface area contributed by atoms with E-state index in [0.29, 0.717) is 24.4 Å². The van der Waals surface area contributed by atoms with Crippen molar-refractivity contribution in [1.29, 1.82) is 0 Å². The van der Waals surface area contributed by atoms with Crippen LogP contribution in [0.5, 0.6) is 0 Å². The van der Waals surface area contributed by atoms with E-state index in [0.717, 1.165) is 11.1 Å². The first-order valence-corrected chi connectivity index (χ1v) is 9.63. The van der Waals surface area contributed by atoms with Crippen molar-refractivity contribution in [3.8, 4) is 0 Å². The third-order valence-electron chi connectivity index (χ3n) is 4.48. The van der Waals surface area contributed by atoms with E-state index in [2.05, 4.69) is 10.5 Å². The minimum Gasteiger partial charge on any atom is -0.452 e. The van der Waals surface area contributed by atoms with E-state index >= 15 is 0 Å². The van der Waals surface area contributed by atoms with Crippen LogP contribution < -0.4 is 5.32 Å². The molecule has 0 aliphatic rings. The van der Waals surface area contributed by atoms with Gasteiger partial charge in [0.05, 0.1) is 0 Å². The molecule has 0 bridgehead atoms. The first-order valence-electron chi connectivity index (χ1n) is 9.63. The van der Waals surface area contributed by atoms with Crippen LogP contribution in [0, 0.1) is 6.92 Å². The zero-order valence-electron chi connectivity index (χ0n) is 16.5. The summed E-state index contributed by atoms with van der Waals surface area (Å²) in [7, 11) is 0. The van der Waals surface area contributed by atoms with E-state index in [1.165, 1.54) is 0 Å². The van der Waals surface area contributed by atoms with Crippen molar-refractivity contribution in [3.63, 3.8) is 0 Å².